The van der Waals surface area contributed by atoms with Crippen LogP contribution in [0.25, 0.3) is 0 Å². The zero-order valence-electron chi connectivity index (χ0n) is 11.1. The first kappa shape index (κ1) is 13.8. The van der Waals surface area contributed by atoms with Gasteiger partial charge in [0.05, 0.1) is 6.04 Å². The van der Waals surface area contributed by atoms with E-state index < -0.39 is 5.60 Å². The van der Waals surface area contributed by atoms with Crippen molar-refractivity contribution in [2.45, 2.75) is 52.2 Å². The van der Waals surface area contributed by atoms with E-state index in [-0.39, 0.29) is 18.0 Å². The molecule has 5 heteroatoms. The van der Waals surface area contributed by atoms with Crippen molar-refractivity contribution in [3.8, 4) is 0 Å². The van der Waals surface area contributed by atoms with Crippen molar-refractivity contribution in [3.63, 3.8) is 0 Å². The molecule has 0 aliphatic carbocycles. The van der Waals surface area contributed by atoms with Gasteiger partial charge >= 0.3 is 6.09 Å². The first-order valence-electron chi connectivity index (χ1n) is 6.03. The lowest BCUT2D eigenvalue weighted by Crippen LogP contribution is -2.44. The predicted octanol–water partition coefficient (Wildman–Crippen LogP) is 1.52. The summed E-state index contributed by atoms with van der Waals surface area (Å²) in [6.45, 7) is 8.25. The van der Waals surface area contributed by atoms with Gasteiger partial charge in [0, 0.05) is 20.0 Å². The largest absolute Gasteiger partial charge is 0.444 e. The number of ether oxygens (including phenoxy) is 1. The number of carbonyl (C=O) groups is 2. The Labute approximate surface area is 102 Å². The number of rotatable bonds is 2. The Hall–Kier alpha value is -1.26. The summed E-state index contributed by atoms with van der Waals surface area (Å²) >= 11 is 0. The molecule has 5 nitrogen and oxygen atoms in total. The van der Waals surface area contributed by atoms with Crippen LogP contribution in [0.15, 0.2) is 0 Å². The zero-order chi connectivity index (χ0) is 13.1. The highest BCUT2D eigenvalue weighted by Gasteiger charge is 2.31. The molecule has 0 aromatic heterocycles. The molecule has 1 saturated heterocycles. The predicted molar refractivity (Wildman–Crippen MR) is 64.6 cm³/mol. The van der Waals surface area contributed by atoms with E-state index in [4.69, 9.17) is 4.74 Å². The maximum atomic E-state index is 11.9. The molecule has 17 heavy (non-hydrogen) atoms. The second-order valence-electron chi connectivity index (χ2n) is 5.41. The SMILES string of the molecule is CC(=O)NC[C@@H]1CCCN1C(=O)OC(C)(C)C. The van der Waals surface area contributed by atoms with Crippen molar-refractivity contribution in [2.75, 3.05) is 13.1 Å². The minimum atomic E-state index is -0.474. The minimum Gasteiger partial charge on any atom is -0.444 e. The number of hydrogen-bond acceptors (Lipinski definition) is 3. The summed E-state index contributed by atoms with van der Waals surface area (Å²) in [6, 6.07) is 0.0637. The zero-order valence-corrected chi connectivity index (χ0v) is 11.1. The summed E-state index contributed by atoms with van der Waals surface area (Å²) in [5, 5.41) is 2.75. The monoisotopic (exact) mass is 242 g/mol. The molecular formula is C12H22N2O3. The maximum absolute atomic E-state index is 11.9. The van der Waals surface area contributed by atoms with E-state index in [0.29, 0.717) is 13.1 Å². The first-order valence-corrected chi connectivity index (χ1v) is 6.03. The van der Waals surface area contributed by atoms with Crippen LogP contribution in [0, 0.1) is 0 Å². The van der Waals surface area contributed by atoms with Crippen LogP contribution >= 0.6 is 0 Å². The van der Waals surface area contributed by atoms with E-state index in [1.807, 2.05) is 20.8 Å². The van der Waals surface area contributed by atoms with Crippen molar-refractivity contribution < 1.29 is 14.3 Å². The van der Waals surface area contributed by atoms with Gasteiger partial charge in [0.15, 0.2) is 0 Å². The molecule has 0 spiro atoms. The quantitative estimate of drug-likeness (QED) is 0.798. The van der Waals surface area contributed by atoms with Crippen molar-refractivity contribution in [1.29, 1.82) is 0 Å². The second kappa shape index (κ2) is 5.38. The summed E-state index contributed by atoms with van der Waals surface area (Å²) in [5.74, 6) is -0.0685. The van der Waals surface area contributed by atoms with Crippen LogP contribution in [-0.4, -0.2) is 41.6 Å². The van der Waals surface area contributed by atoms with Gasteiger partial charge in [-0.15, -0.1) is 0 Å². The van der Waals surface area contributed by atoms with Gasteiger partial charge in [0.2, 0.25) is 5.91 Å². The lowest BCUT2D eigenvalue weighted by Gasteiger charge is -2.28. The fraction of sp³-hybridized carbons (Fsp3) is 0.833. The van der Waals surface area contributed by atoms with Gasteiger partial charge in [-0.3, -0.25) is 4.79 Å². The fourth-order valence-electron chi connectivity index (χ4n) is 1.87. The summed E-state index contributed by atoms with van der Waals surface area (Å²) in [4.78, 5) is 24.5. The van der Waals surface area contributed by atoms with Gasteiger partial charge in [-0.1, -0.05) is 0 Å². The summed E-state index contributed by atoms with van der Waals surface area (Å²) in [7, 11) is 0. The Bertz CT molecular complexity index is 297. The van der Waals surface area contributed by atoms with Gasteiger partial charge in [-0.05, 0) is 33.6 Å². The van der Waals surface area contributed by atoms with Gasteiger partial charge < -0.3 is 15.0 Å². The van der Waals surface area contributed by atoms with Crippen molar-refractivity contribution in [1.82, 2.24) is 10.2 Å². The molecule has 98 valence electrons. The van der Waals surface area contributed by atoms with Crippen LogP contribution in [0.5, 0.6) is 0 Å². The molecule has 1 rings (SSSR count). The van der Waals surface area contributed by atoms with Crippen molar-refractivity contribution in [2.24, 2.45) is 0 Å². The van der Waals surface area contributed by atoms with Crippen LogP contribution in [0.4, 0.5) is 4.79 Å². The number of nitrogens with one attached hydrogen (secondary N) is 1. The molecule has 1 fully saturated rings. The molecule has 0 unspecified atom stereocenters. The Balaban J connectivity index is 2.51. The maximum Gasteiger partial charge on any atom is 0.410 e. The van der Waals surface area contributed by atoms with Gasteiger partial charge in [0.25, 0.3) is 0 Å². The standard InChI is InChI=1S/C12H22N2O3/c1-9(15)13-8-10-6-5-7-14(10)11(16)17-12(2,3)4/h10H,5-8H2,1-4H3,(H,13,15)/t10-/m0/s1. The Morgan fingerprint density at radius 1 is 1.41 bits per heavy atom. The molecule has 2 amide bonds. The van der Waals surface area contributed by atoms with E-state index in [1.54, 1.807) is 4.90 Å². The second-order valence-corrected chi connectivity index (χ2v) is 5.41. The molecular weight excluding hydrogens is 220 g/mol. The Kier molecular flexibility index (Phi) is 4.37. The number of amides is 2. The van der Waals surface area contributed by atoms with E-state index in [0.717, 1.165) is 12.8 Å². The fourth-order valence-corrected chi connectivity index (χ4v) is 1.87. The summed E-state index contributed by atoms with van der Waals surface area (Å²) < 4.78 is 5.33. The molecule has 1 heterocycles. The molecule has 1 N–H and O–H groups in total. The highest BCUT2D eigenvalue weighted by Crippen LogP contribution is 2.20. The average Bonchev–Trinajstić information content (AvgIpc) is 2.59. The van der Waals surface area contributed by atoms with E-state index in [2.05, 4.69) is 5.32 Å². The average molecular weight is 242 g/mol. The highest BCUT2D eigenvalue weighted by molar-refractivity contribution is 5.73. The Morgan fingerprint density at radius 3 is 2.59 bits per heavy atom. The third kappa shape index (κ3) is 4.63. The minimum absolute atomic E-state index is 0.0637. The van der Waals surface area contributed by atoms with Crippen molar-refractivity contribution >= 4 is 12.0 Å². The smallest absolute Gasteiger partial charge is 0.410 e. The van der Waals surface area contributed by atoms with E-state index >= 15 is 0 Å². The molecule has 0 bridgehead atoms. The van der Waals surface area contributed by atoms with Crippen LogP contribution in [0.2, 0.25) is 0 Å². The molecule has 1 atom stereocenters. The number of carbonyl (C=O) groups excluding carboxylic acids is 2. The molecule has 1 aliphatic rings. The topological polar surface area (TPSA) is 58.6 Å². The van der Waals surface area contributed by atoms with Gasteiger partial charge in [-0.25, -0.2) is 4.79 Å². The summed E-state index contributed by atoms with van der Waals surface area (Å²) in [6.07, 6.45) is 1.59. The highest BCUT2D eigenvalue weighted by atomic mass is 16.6. The van der Waals surface area contributed by atoms with Crippen molar-refractivity contribution in [3.05, 3.63) is 0 Å². The molecule has 0 aromatic carbocycles. The number of nitrogens with zero attached hydrogens (tertiary/aromatic N) is 1. The van der Waals surface area contributed by atoms with E-state index in [1.165, 1.54) is 6.92 Å². The van der Waals surface area contributed by atoms with E-state index in [9.17, 15) is 9.59 Å². The molecule has 0 saturated carbocycles. The van der Waals surface area contributed by atoms with Gasteiger partial charge in [0.1, 0.15) is 5.60 Å². The molecule has 0 radical (unpaired) electrons. The van der Waals surface area contributed by atoms with Crippen LogP contribution in [0.1, 0.15) is 40.5 Å². The van der Waals surface area contributed by atoms with Crippen LogP contribution < -0.4 is 5.32 Å². The summed E-state index contributed by atoms with van der Waals surface area (Å²) in [5.41, 5.74) is -0.474. The number of likely N-dealkylation sites (tertiary alicyclic amines) is 1. The van der Waals surface area contributed by atoms with Crippen LogP contribution in [-0.2, 0) is 9.53 Å². The van der Waals surface area contributed by atoms with Crippen LogP contribution in [0.3, 0.4) is 0 Å². The third-order valence-electron chi connectivity index (χ3n) is 2.59. The number of hydrogen-bond donors (Lipinski definition) is 1. The third-order valence-corrected chi connectivity index (χ3v) is 2.59. The lowest BCUT2D eigenvalue weighted by molar-refractivity contribution is -0.119. The molecule has 1 aliphatic heterocycles. The van der Waals surface area contributed by atoms with Gasteiger partial charge in [-0.2, -0.15) is 0 Å². The Morgan fingerprint density at radius 2 is 2.06 bits per heavy atom. The first-order chi connectivity index (χ1) is 7.79. The normalized spacial score (nSPS) is 20.2. The lowest BCUT2D eigenvalue weighted by atomic mass is 10.2. The molecule has 0 aromatic rings.